The molecule has 0 saturated carbocycles. The van der Waals surface area contributed by atoms with Gasteiger partial charge in [-0.05, 0) is 31.0 Å². The Morgan fingerprint density at radius 2 is 1.62 bits per heavy atom. The Hall–Kier alpha value is -2.36. The minimum absolute atomic E-state index is 0.0649. The molecule has 1 unspecified atom stereocenters. The number of hydrogen-bond acceptors (Lipinski definition) is 5. The molecule has 0 heterocycles. The molecule has 2 aromatic carbocycles. The number of carbonyl (C=O) groups excluding carboxylic acids is 1. The Morgan fingerprint density at radius 1 is 1.04 bits per heavy atom. The van der Waals surface area contributed by atoms with Crippen molar-refractivity contribution in [1.29, 1.82) is 0 Å². The molecule has 0 aliphatic carbocycles. The summed E-state index contributed by atoms with van der Waals surface area (Å²) in [4.78, 5) is 16.1. The van der Waals surface area contributed by atoms with Crippen molar-refractivity contribution in [3.63, 3.8) is 0 Å². The average molecular weight is 346 g/mol. The smallest absolute Gasteiger partial charge is 0.416 e. The molecule has 1 atom stereocenters. The van der Waals surface area contributed by atoms with Crippen molar-refractivity contribution < 1.29 is 23.4 Å². The highest BCUT2D eigenvalue weighted by molar-refractivity contribution is 7.54. The first kappa shape index (κ1) is 18.0. The first-order valence-electron chi connectivity index (χ1n) is 7.42. The molecule has 0 spiro atoms. The van der Waals surface area contributed by atoms with Crippen molar-refractivity contribution >= 4 is 13.6 Å². The highest BCUT2D eigenvalue weighted by Gasteiger charge is 2.30. The van der Waals surface area contributed by atoms with Crippen LogP contribution in [-0.4, -0.2) is 12.1 Å². The first-order chi connectivity index (χ1) is 11.5. The normalized spacial score (nSPS) is 12.9. The molecule has 0 amide bonds. The number of rotatable bonds is 8. The lowest BCUT2D eigenvalue weighted by Crippen LogP contribution is -2.10. The fraction of sp³-hybridized carbons (Fsp3) is 0.167. The molecule has 2 rings (SSSR count). The zero-order chi connectivity index (χ0) is 17.4. The van der Waals surface area contributed by atoms with E-state index in [1.54, 1.807) is 24.3 Å². The van der Waals surface area contributed by atoms with Gasteiger partial charge in [0.25, 0.3) is 0 Å². The summed E-state index contributed by atoms with van der Waals surface area (Å²) in [6.07, 6.45) is 0.519. The van der Waals surface area contributed by atoms with Crippen LogP contribution in [-0.2, 0) is 25.3 Å². The minimum Gasteiger partial charge on any atom is -0.422 e. The standard InChI is InChI=1S/C18H19O5P/c1-15(2)18(19)21-23-24(20,22-17-11-7-4-8-12-17)14-13-16-9-5-3-6-10-16/h3-12H,1,13-14H2,2H3. The largest absolute Gasteiger partial charge is 0.422 e. The van der Waals surface area contributed by atoms with Gasteiger partial charge >= 0.3 is 13.6 Å². The van der Waals surface area contributed by atoms with E-state index >= 15 is 0 Å². The van der Waals surface area contributed by atoms with Crippen LogP contribution in [0, 0.1) is 0 Å². The Balaban J connectivity index is 2.09. The van der Waals surface area contributed by atoms with Gasteiger partial charge in [-0.25, -0.2) is 9.36 Å². The zero-order valence-corrected chi connectivity index (χ0v) is 14.3. The van der Waals surface area contributed by atoms with Crippen LogP contribution in [0.15, 0.2) is 72.8 Å². The summed E-state index contributed by atoms with van der Waals surface area (Å²) in [6.45, 7) is 4.92. The Bertz CT molecular complexity index is 728. The van der Waals surface area contributed by atoms with Gasteiger partial charge < -0.3 is 4.52 Å². The first-order valence-corrected chi connectivity index (χ1v) is 9.15. The zero-order valence-electron chi connectivity index (χ0n) is 13.4. The van der Waals surface area contributed by atoms with Gasteiger partial charge in [0, 0.05) is 5.57 Å². The molecule has 0 radical (unpaired) electrons. The van der Waals surface area contributed by atoms with Crippen LogP contribution in [0.25, 0.3) is 0 Å². The van der Waals surface area contributed by atoms with Gasteiger partial charge in [0.05, 0.1) is 6.16 Å². The Labute approximate surface area is 141 Å². The maximum Gasteiger partial charge on any atom is 0.416 e. The second-order valence-corrected chi connectivity index (χ2v) is 7.20. The molecular formula is C18H19O5P. The monoisotopic (exact) mass is 346 g/mol. The average Bonchev–Trinajstić information content (AvgIpc) is 2.60. The van der Waals surface area contributed by atoms with Crippen LogP contribution >= 0.6 is 7.60 Å². The van der Waals surface area contributed by atoms with Gasteiger partial charge in [-0.1, -0.05) is 59.8 Å². The van der Waals surface area contributed by atoms with E-state index in [1.807, 2.05) is 36.4 Å². The van der Waals surface area contributed by atoms with Crippen molar-refractivity contribution in [3.8, 4) is 5.75 Å². The van der Waals surface area contributed by atoms with Gasteiger partial charge in [-0.15, -0.1) is 0 Å². The fourth-order valence-electron chi connectivity index (χ4n) is 1.81. The molecule has 126 valence electrons. The predicted octanol–water partition coefficient (Wildman–Crippen LogP) is 4.55. The van der Waals surface area contributed by atoms with E-state index in [0.717, 1.165) is 5.56 Å². The van der Waals surface area contributed by atoms with E-state index in [9.17, 15) is 9.36 Å². The maximum absolute atomic E-state index is 12.9. The molecule has 2 aromatic rings. The van der Waals surface area contributed by atoms with E-state index < -0.39 is 13.6 Å². The second kappa shape index (κ2) is 8.48. The summed E-state index contributed by atoms with van der Waals surface area (Å²) in [6, 6.07) is 18.1. The molecule has 0 aromatic heterocycles. The number of hydrogen-bond donors (Lipinski definition) is 0. The van der Waals surface area contributed by atoms with Crippen LogP contribution in [0.1, 0.15) is 12.5 Å². The highest BCUT2D eigenvalue weighted by Crippen LogP contribution is 2.49. The van der Waals surface area contributed by atoms with Gasteiger partial charge in [-0.2, -0.15) is 0 Å². The molecule has 0 saturated heterocycles. The predicted molar refractivity (Wildman–Crippen MR) is 91.7 cm³/mol. The molecule has 24 heavy (non-hydrogen) atoms. The van der Waals surface area contributed by atoms with Crippen LogP contribution in [0.3, 0.4) is 0 Å². The molecule has 6 heteroatoms. The van der Waals surface area contributed by atoms with Gasteiger partial charge in [0.15, 0.2) is 0 Å². The number of benzene rings is 2. The third-order valence-electron chi connectivity index (χ3n) is 3.08. The SMILES string of the molecule is C=C(C)C(=O)OOP(=O)(CCc1ccccc1)Oc1ccccc1. The van der Waals surface area contributed by atoms with Crippen molar-refractivity contribution in [2.45, 2.75) is 13.3 Å². The number of aryl methyl sites for hydroxylation is 1. The van der Waals surface area contributed by atoms with Crippen molar-refractivity contribution in [3.05, 3.63) is 78.4 Å². The third-order valence-corrected chi connectivity index (χ3v) is 4.64. The molecule has 0 aliphatic rings. The lowest BCUT2D eigenvalue weighted by molar-refractivity contribution is -0.211. The molecule has 0 N–H and O–H groups in total. The minimum atomic E-state index is -3.68. The second-order valence-electron chi connectivity index (χ2n) is 5.20. The van der Waals surface area contributed by atoms with Crippen molar-refractivity contribution in [2.75, 3.05) is 6.16 Å². The summed E-state index contributed by atoms with van der Waals surface area (Å²) in [5, 5.41) is 0. The lowest BCUT2D eigenvalue weighted by Gasteiger charge is -2.17. The van der Waals surface area contributed by atoms with E-state index in [4.69, 9.17) is 9.20 Å². The van der Waals surface area contributed by atoms with E-state index in [1.165, 1.54) is 6.92 Å². The lowest BCUT2D eigenvalue weighted by atomic mass is 10.2. The van der Waals surface area contributed by atoms with E-state index in [0.29, 0.717) is 12.2 Å². The van der Waals surface area contributed by atoms with Gasteiger partial charge in [-0.3, -0.25) is 4.89 Å². The van der Waals surface area contributed by atoms with Crippen molar-refractivity contribution in [1.82, 2.24) is 0 Å². The van der Waals surface area contributed by atoms with Gasteiger partial charge in [0.2, 0.25) is 0 Å². The summed E-state index contributed by atoms with van der Waals surface area (Å²) >= 11 is 0. The number of para-hydroxylation sites is 1. The Kier molecular flexibility index (Phi) is 6.36. The summed E-state index contributed by atoms with van der Waals surface area (Å²) in [7, 11) is -3.68. The molecule has 0 fully saturated rings. The van der Waals surface area contributed by atoms with Crippen LogP contribution in [0.5, 0.6) is 5.75 Å². The van der Waals surface area contributed by atoms with Crippen LogP contribution in [0.4, 0.5) is 0 Å². The van der Waals surface area contributed by atoms with Crippen LogP contribution < -0.4 is 4.52 Å². The maximum atomic E-state index is 12.9. The van der Waals surface area contributed by atoms with E-state index in [2.05, 4.69) is 11.5 Å². The fourth-order valence-corrected chi connectivity index (χ4v) is 3.17. The number of carbonyl (C=O) groups is 1. The molecular weight excluding hydrogens is 327 g/mol. The summed E-state index contributed by atoms with van der Waals surface area (Å²) in [5.41, 5.74) is 1.12. The quantitative estimate of drug-likeness (QED) is 0.304. The molecule has 0 aliphatic heterocycles. The van der Waals surface area contributed by atoms with Gasteiger partial charge in [0.1, 0.15) is 5.75 Å². The summed E-state index contributed by atoms with van der Waals surface area (Å²) in [5.74, 6) is -0.410. The third kappa shape index (κ3) is 5.69. The molecule has 0 bridgehead atoms. The highest BCUT2D eigenvalue weighted by atomic mass is 31.2. The molecule has 5 nitrogen and oxygen atoms in total. The van der Waals surface area contributed by atoms with E-state index in [-0.39, 0.29) is 11.7 Å². The summed E-state index contributed by atoms with van der Waals surface area (Å²) < 4.78 is 23.3. The van der Waals surface area contributed by atoms with Crippen molar-refractivity contribution in [2.24, 2.45) is 0 Å². The Morgan fingerprint density at radius 3 is 2.21 bits per heavy atom. The topological polar surface area (TPSA) is 61.8 Å². The van der Waals surface area contributed by atoms with Crippen LogP contribution in [0.2, 0.25) is 0 Å².